The smallest absolute Gasteiger partial charge is 0.356 e. The molecule has 17 aromatic rings. The number of anilines is 6. The van der Waals surface area contributed by atoms with E-state index in [1.807, 2.05) is 248 Å². The molecule has 1 atom stereocenters. The number of hydrogen-bond acceptors (Lipinski definition) is 8. The summed E-state index contributed by atoms with van der Waals surface area (Å²) in [5, 5.41) is 17.8. The van der Waals surface area contributed by atoms with E-state index in [-0.39, 0.29) is 11.5 Å². The van der Waals surface area contributed by atoms with Crippen LogP contribution >= 0.6 is 79.6 Å². The Kier molecular flexibility index (Phi) is 27.5. The van der Waals surface area contributed by atoms with Crippen molar-refractivity contribution in [3.05, 3.63) is 448 Å². The van der Waals surface area contributed by atoms with Gasteiger partial charge in [-0.3, -0.25) is 9.89 Å². The number of nitrogens with one attached hydrogen (secondary N) is 1. The molecule has 0 saturated carbocycles. The number of H-pyrrole nitrogens is 1. The van der Waals surface area contributed by atoms with E-state index < -0.39 is 64.8 Å². The molecule has 4 aromatic heterocycles. The lowest BCUT2D eigenvalue weighted by molar-refractivity contribution is -0.143. The van der Waals surface area contributed by atoms with Gasteiger partial charge < -0.3 is 14.5 Å². The number of benzene rings is 13. The molecule has 0 spiro atoms. The van der Waals surface area contributed by atoms with Gasteiger partial charge in [-0.2, -0.15) is 73.1 Å². The Morgan fingerprint density at radius 2 is 0.697 bits per heavy atom. The first-order valence-electron chi connectivity index (χ1n) is 41.2. The van der Waals surface area contributed by atoms with Crippen LogP contribution in [0, 0.1) is 0 Å². The minimum atomic E-state index is -4.62. The Hall–Kier alpha value is -12.5. The Morgan fingerprint density at radius 3 is 1.05 bits per heavy atom. The minimum Gasteiger partial charge on any atom is -0.356 e. The normalized spacial score (nSPS) is 13.9. The van der Waals surface area contributed by atoms with Gasteiger partial charge in [-0.05, 0) is 199 Å². The number of ketones is 1. The van der Waals surface area contributed by atoms with Crippen molar-refractivity contribution in [3.8, 4) is 45.0 Å². The number of ether oxygens (including phenoxy) is 1. The van der Waals surface area contributed by atoms with Crippen LogP contribution in [0.5, 0.6) is 0 Å². The van der Waals surface area contributed by atoms with Gasteiger partial charge in [-0.1, -0.05) is 304 Å². The van der Waals surface area contributed by atoms with Gasteiger partial charge in [0.25, 0.3) is 0 Å². The van der Waals surface area contributed by atoms with Crippen LogP contribution in [0.15, 0.2) is 386 Å². The molecule has 1 unspecified atom stereocenters. The lowest BCUT2D eigenvalue weighted by Crippen LogP contribution is -2.36. The second-order valence-corrected chi connectivity index (χ2v) is 35.0. The molecule has 29 heteroatoms. The van der Waals surface area contributed by atoms with Gasteiger partial charge in [0.05, 0.1) is 22.8 Å². The third-order valence-corrected chi connectivity index (χ3v) is 25.5. The highest BCUT2D eigenvalue weighted by Gasteiger charge is 2.52. The fraction of sp³-hybridized carbons (Fsp3) is 0.117. The van der Waals surface area contributed by atoms with Crippen LogP contribution in [0.4, 0.5) is 86.8 Å². The fourth-order valence-electron chi connectivity index (χ4n) is 16.5. The number of hydrogen-bond donors (Lipinski definition) is 1. The molecule has 7 heterocycles. The molecule has 3 aliphatic rings. The van der Waals surface area contributed by atoms with Crippen molar-refractivity contribution < 1.29 is 62.2 Å². The largest absolute Gasteiger partial charge is 0.435 e. The molecule has 132 heavy (non-hydrogen) atoms. The van der Waals surface area contributed by atoms with Crippen LogP contribution in [0.3, 0.4) is 0 Å². The number of carbonyl (C=O) groups excluding carboxylic acids is 1. The first kappa shape index (κ1) is 92.8. The van der Waals surface area contributed by atoms with Gasteiger partial charge in [0.1, 0.15) is 16.8 Å². The van der Waals surface area contributed by atoms with E-state index in [1.165, 1.54) is 15.4 Å². The van der Waals surface area contributed by atoms with Crippen molar-refractivity contribution >= 4 is 120 Å². The standard InChI is InChI=1S/C47H33F3N4.C23H13Br2F3N2.C15H14BrF3N2O.C10H6BrF3N2.C8H7BrO/c48-47(49,50)45-33-44-42-23-13-14-24-43(42)46(54(44)51-45,34-25-29-40(30-26-34)52(36-15-5-1-6-16-36)37-17-7-2-8-18-37)35-27-31-41(32-28-35)53(38-19-9-3-10-20-38)39-21-11-4-12-22-39;24-16-9-5-14(6-10-16)22(15-7-11-17(25)12-8-15)19-4-2-1-3-18(19)20-13-21(23(26,27)28)29-30(20)22;16-11-6-2-1-5-10(11)12-9-13(15(17,18)19)20-21(12)14-7-3-4-8-22-14;11-7-4-2-1-3-6(7)8-5-9(16-15-8)10(12,13)14;1-6(10)7-4-2-3-5-8(7)9/h1-33H;1-13H;1-2,5-6,9,14H,3-4,7-8H2;1-5H,(H,15,16);2-5H,1H3. The maximum Gasteiger partial charge on any atom is 0.435 e. The molecule has 0 radical (unpaired) electrons. The number of para-hydroxylation sites is 4. The van der Waals surface area contributed by atoms with E-state index in [4.69, 9.17) is 4.74 Å². The molecule has 666 valence electrons. The Balaban J connectivity index is 0.000000136. The van der Waals surface area contributed by atoms with Crippen LogP contribution in [-0.4, -0.2) is 51.9 Å². The topological polar surface area (TPSA) is 115 Å². The van der Waals surface area contributed by atoms with E-state index in [0.717, 1.165) is 128 Å². The highest BCUT2D eigenvalue weighted by molar-refractivity contribution is 9.11. The molecule has 1 N–H and O–H groups in total. The van der Waals surface area contributed by atoms with Gasteiger partial charge in [0.15, 0.2) is 29.1 Å². The van der Waals surface area contributed by atoms with Crippen LogP contribution in [0.1, 0.15) is 98.9 Å². The summed E-state index contributed by atoms with van der Waals surface area (Å²) < 4.78 is 174. The summed E-state index contributed by atoms with van der Waals surface area (Å²) in [4.78, 5) is 15.2. The van der Waals surface area contributed by atoms with Crippen molar-refractivity contribution in [2.24, 2.45) is 0 Å². The summed E-state index contributed by atoms with van der Waals surface area (Å²) in [6, 6.07) is 113. The molecule has 12 nitrogen and oxygen atoms in total. The van der Waals surface area contributed by atoms with Crippen LogP contribution < -0.4 is 9.80 Å². The van der Waals surface area contributed by atoms with Crippen molar-refractivity contribution in [1.82, 2.24) is 39.5 Å². The summed E-state index contributed by atoms with van der Waals surface area (Å²) in [5.74, 6) is 0.0903. The average Bonchev–Trinajstić information content (AvgIpc) is 1.53. The molecule has 20 rings (SSSR count). The predicted molar refractivity (Wildman–Crippen MR) is 507 cm³/mol. The number of alkyl halides is 12. The summed E-state index contributed by atoms with van der Waals surface area (Å²) in [6.45, 7) is 2.10. The Labute approximate surface area is 792 Å². The van der Waals surface area contributed by atoms with E-state index in [0.29, 0.717) is 51.3 Å². The fourth-order valence-corrected chi connectivity index (χ4v) is 18.6. The molecular weight excluding hydrogens is 2040 g/mol. The molecule has 0 aliphatic carbocycles. The van der Waals surface area contributed by atoms with E-state index in [1.54, 1.807) is 60.1 Å². The van der Waals surface area contributed by atoms with Crippen LogP contribution in [0.2, 0.25) is 0 Å². The molecule has 13 aromatic carbocycles. The molecule has 3 aliphatic heterocycles. The number of rotatable bonds is 14. The minimum absolute atomic E-state index is 0.0903. The van der Waals surface area contributed by atoms with Gasteiger partial charge in [0, 0.05) is 90.9 Å². The van der Waals surface area contributed by atoms with E-state index in [9.17, 15) is 57.5 Å². The lowest BCUT2D eigenvalue weighted by Gasteiger charge is -2.35. The van der Waals surface area contributed by atoms with E-state index >= 15 is 0 Å². The highest BCUT2D eigenvalue weighted by atomic mass is 79.9. The molecule has 0 bridgehead atoms. The Bertz CT molecular complexity index is 6620. The summed E-state index contributed by atoms with van der Waals surface area (Å²) >= 11 is 16.8. The number of halogens is 17. The van der Waals surface area contributed by atoms with Gasteiger partial charge in [-0.15, -0.1) is 0 Å². The van der Waals surface area contributed by atoms with Crippen LogP contribution in [-0.2, 0) is 40.5 Å². The van der Waals surface area contributed by atoms with Crippen LogP contribution in [0.25, 0.3) is 45.0 Å². The number of nitrogens with zero attached hydrogens (tertiary/aromatic N) is 9. The quantitative estimate of drug-likeness (QED) is 0.0846. The first-order chi connectivity index (χ1) is 63.4. The van der Waals surface area contributed by atoms with Crippen molar-refractivity contribution in [2.45, 2.75) is 68.2 Å². The SMILES string of the molecule is CC(=O)c1ccccc1Br.FC(F)(F)c1cc(-c2ccccc2Br)n(C2CCCCO2)n1.FC(F)(F)c1cc(-c2ccccc2Br)n[nH]1.FC(F)(F)c1cc2n(n1)C(c1ccc(Br)cc1)(c1ccc(Br)cc1)c1ccccc1-2.FC(F)(F)c1cc2n(n1)C(c1ccc(N(c3ccccc3)c3ccccc3)cc1)(c1ccc(N(c3ccccc3)c3ccccc3)cc1)c1ccccc1-2. The lowest BCUT2D eigenvalue weighted by atomic mass is 9.77. The third kappa shape index (κ3) is 19.3. The number of aromatic nitrogens is 8. The van der Waals surface area contributed by atoms with Crippen molar-refractivity contribution in [3.63, 3.8) is 0 Å². The highest BCUT2D eigenvalue weighted by Crippen LogP contribution is 2.56. The third-order valence-electron chi connectivity index (χ3n) is 22.4. The van der Waals surface area contributed by atoms with E-state index in [2.05, 4.69) is 158 Å². The Morgan fingerprint density at radius 1 is 0.364 bits per heavy atom. The summed E-state index contributed by atoms with van der Waals surface area (Å²) in [7, 11) is 0. The zero-order chi connectivity index (χ0) is 92.9. The van der Waals surface area contributed by atoms with Crippen molar-refractivity contribution in [1.29, 1.82) is 0 Å². The monoisotopic (exact) mass is 2100 g/mol. The van der Waals surface area contributed by atoms with Gasteiger partial charge in [0.2, 0.25) is 0 Å². The van der Waals surface area contributed by atoms with Gasteiger partial charge >= 0.3 is 24.7 Å². The predicted octanol–water partition coefficient (Wildman–Crippen LogP) is 31.4. The van der Waals surface area contributed by atoms with Gasteiger partial charge in [-0.25, -0.2) is 14.0 Å². The zero-order valence-corrected chi connectivity index (χ0v) is 77.2. The first-order valence-corrected chi connectivity index (χ1v) is 45.1. The average molecular weight is 2110 g/mol. The summed E-state index contributed by atoms with van der Waals surface area (Å²) in [6.07, 6.45) is -16.0. The molecular formula is C103H73Br5F12N10O2. The maximum absolute atomic E-state index is 14.4. The number of fused-ring (bicyclic) bond motifs is 6. The van der Waals surface area contributed by atoms with Crippen molar-refractivity contribution in [2.75, 3.05) is 16.4 Å². The zero-order valence-electron chi connectivity index (χ0n) is 69.3. The second-order valence-electron chi connectivity index (χ2n) is 30.6. The number of aromatic amines is 1. The molecule has 0 amide bonds. The maximum atomic E-state index is 14.4. The number of Topliss-reactive ketones (excluding diaryl/α,β-unsaturated/α-hetero) is 1. The molecule has 1 fully saturated rings. The molecule has 1 saturated heterocycles. The second kappa shape index (κ2) is 39.1. The summed E-state index contributed by atoms with van der Waals surface area (Å²) in [5.41, 5.74) is 9.94. The number of carbonyl (C=O) groups is 1.